The van der Waals surface area contributed by atoms with Crippen LogP contribution in [0.2, 0.25) is 0 Å². The standard InChI is InChI=1S/C59H49NO/c1-57(2)47-26-13-11-24-45(47)55-50(57)29-18-30-51(55)60(43-34-32-40(33-35-43)39-19-6-4-7-20-39)52-37-42(38-54-56(52)46-25-12-15-31-53(46)61-54)59(41-21-8-5-9-22-41)49-28-14-10-23-44(49)48-27-16-17-36-58(48,59)3/h4-26,28-29,31-35,37-38,48,51H,27,30,36H2,1-3H3. The summed E-state index contributed by atoms with van der Waals surface area (Å²) in [5, 5.41) is 2.30. The van der Waals surface area contributed by atoms with Gasteiger partial charge in [-0.3, -0.25) is 0 Å². The normalized spacial score (nSPS) is 23.2. The number of fused-ring (bicyclic) bond motifs is 8. The van der Waals surface area contributed by atoms with Gasteiger partial charge in [0.15, 0.2) is 0 Å². The van der Waals surface area contributed by atoms with Crippen molar-refractivity contribution in [3.63, 3.8) is 0 Å². The Labute approximate surface area is 359 Å². The molecule has 12 rings (SSSR count). The van der Waals surface area contributed by atoms with Gasteiger partial charge in [0.2, 0.25) is 0 Å². The van der Waals surface area contributed by atoms with Crippen molar-refractivity contribution >= 4 is 38.9 Å². The Morgan fingerprint density at radius 1 is 0.574 bits per heavy atom. The van der Waals surface area contributed by atoms with Crippen LogP contribution in [0.1, 0.15) is 79.3 Å². The van der Waals surface area contributed by atoms with E-state index in [-0.39, 0.29) is 16.9 Å². The lowest BCUT2D eigenvalue weighted by Gasteiger charge is -2.49. The maximum absolute atomic E-state index is 7.09. The Balaban J connectivity index is 1.19. The Hall–Kier alpha value is -6.64. The molecule has 4 unspecified atom stereocenters. The molecule has 0 N–H and O–H groups in total. The lowest BCUT2D eigenvalue weighted by atomic mass is 9.53. The zero-order valence-electron chi connectivity index (χ0n) is 35.1. The van der Waals surface area contributed by atoms with Crippen LogP contribution in [0.15, 0.2) is 204 Å². The van der Waals surface area contributed by atoms with Gasteiger partial charge in [0.05, 0.1) is 22.5 Å². The molecule has 0 amide bonds. The van der Waals surface area contributed by atoms with Crippen molar-refractivity contribution in [1.29, 1.82) is 0 Å². The largest absolute Gasteiger partial charge is 0.456 e. The van der Waals surface area contributed by atoms with Gasteiger partial charge in [-0.05, 0) is 117 Å². The number of rotatable bonds is 6. The Kier molecular flexibility index (Phi) is 7.98. The molecule has 4 aliphatic carbocycles. The first-order valence-corrected chi connectivity index (χ1v) is 22.1. The van der Waals surface area contributed by atoms with E-state index < -0.39 is 5.41 Å². The van der Waals surface area contributed by atoms with E-state index in [0.29, 0.717) is 5.92 Å². The van der Waals surface area contributed by atoms with E-state index in [9.17, 15) is 0 Å². The van der Waals surface area contributed by atoms with Gasteiger partial charge in [-0.1, -0.05) is 185 Å². The third-order valence-corrected chi connectivity index (χ3v) is 15.2. The summed E-state index contributed by atoms with van der Waals surface area (Å²) in [6.45, 7) is 7.37. The van der Waals surface area contributed by atoms with E-state index in [1.54, 1.807) is 0 Å². The van der Waals surface area contributed by atoms with E-state index in [1.165, 1.54) is 67.0 Å². The van der Waals surface area contributed by atoms with Crippen molar-refractivity contribution in [2.24, 2.45) is 5.41 Å². The molecule has 61 heavy (non-hydrogen) atoms. The molecule has 1 aromatic heterocycles. The molecule has 296 valence electrons. The third-order valence-electron chi connectivity index (χ3n) is 15.2. The third kappa shape index (κ3) is 5.03. The molecule has 0 aliphatic heterocycles. The second-order valence-electron chi connectivity index (χ2n) is 18.5. The number of hydrogen-bond acceptors (Lipinski definition) is 2. The number of furan rings is 1. The van der Waals surface area contributed by atoms with E-state index in [2.05, 4.69) is 220 Å². The van der Waals surface area contributed by atoms with E-state index in [0.717, 1.165) is 41.2 Å². The van der Waals surface area contributed by atoms with Gasteiger partial charge >= 0.3 is 0 Å². The molecular formula is C59H49NO. The van der Waals surface area contributed by atoms with Crippen molar-refractivity contribution < 1.29 is 4.42 Å². The van der Waals surface area contributed by atoms with Crippen molar-refractivity contribution in [2.45, 2.75) is 62.8 Å². The smallest absolute Gasteiger partial charge is 0.137 e. The molecule has 0 bridgehead atoms. The monoisotopic (exact) mass is 787 g/mol. The number of nitrogens with zero attached hydrogens (tertiary/aromatic N) is 1. The Morgan fingerprint density at radius 2 is 1.26 bits per heavy atom. The van der Waals surface area contributed by atoms with Gasteiger partial charge < -0.3 is 9.32 Å². The van der Waals surface area contributed by atoms with Gasteiger partial charge in [-0.25, -0.2) is 0 Å². The van der Waals surface area contributed by atoms with Crippen LogP contribution in [0.3, 0.4) is 0 Å². The maximum Gasteiger partial charge on any atom is 0.137 e. The minimum atomic E-state index is -0.454. The second kappa shape index (κ2) is 13.4. The molecule has 4 aliphatic rings. The van der Waals surface area contributed by atoms with E-state index in [1.807, 2.05) is 0 Å². The van der Waals surface area contributed by atoms with Crippen molar-refractivity contribution in [2.75, 3.05) is 4.90 Å². The first-order chi connectivity index (χ1) is 29.9. The molecule has 0 saturated heterocycles. The van der Waals surface area contributed by atoms with Gasteiger partial charge in [0.25, 0.3) is 0 Å². The zero-order chi connectivity index (χ0) is 40.9. The van der Waals surface area contributed by atoms with Crippen molar-refractivity contribution in [3.8, 4) is 11.1 Å². The molecule has 2 heteroatoms. The Bertz CT molecular complexity index is 3110. The van der Waals surface area contributed by atoms with Crippen LogP contribution in [-0.2, 0) is 10.8 Å². The summed E-state index contributed by atoms with van der Waals surface area (Å²) in [6, 6.07) is 63.6. The van der Waals surface area contributed by atoms with Gasteiger partial charge in [-0.15, -0.1) is 0 Å². The van der Waals surface area contributed by atoms with Crippen molar-refractivity contribution in [3.05, 3.63) is 233 Å². The predicted molar refractivity (Wildman–Crippen MR) is 254 cm³/mol. The average Bonchev–Trinajstić information content (AvgIpc) is 3.89. The van der Waals surface area contributed by atoms with Crippen LogP contribution in [0, 0.1) is 5.41 Å². The quantitative estimate of drug-likeness (QED) is 0.156. The summed E-state index contributed by atoms with van der Waals surface area (Å²) in [5.41, 5.74) is 17.0. The van der Waals surface area contributed by atoms with Gasteiger partial charge in [0.1, 0.15) is 11.2 Å². The minimum absolute atomic E-state index is 0.0297. The molecule has 2 nitrogen and oxygen atoms in total. The predicted octanol–water partition coefficient (Wildman–Crippen LogP) is 15.3. The van der Waals surface area contributed by atoms with Crippen LogP contribution in [0.5, 0.6) is 0 Å². The summed E-state index contributed by atoms with van der Waals surface area (Å²) in [6.07, 6.45) is 12.6. The lowest BCUT2D eigenvalue weighted by molar-refractivity contribution is 0.183. The lowest BCUT2D eigenvalue weighted by Crippen LogP contribution is -2.45. The maximum atomic E-state index is 7.09. The summed E-state index contributed by atoms with van der Waals surface area (Å²) in [5.74, 6) is 0.374. The fourth-order valence-corrected chi connectivity index (χ4v) is 12.5. The highest BCUT2D eigenvalue weighted by Crippen LogP contribution is 2.69. The van der Waals surface area contributed by atoms with Crippen LogP contribution in [0.4, 0.5) is 11.4 Å². The first-order valence-electron chi connectivity index (χ1n) is 22.1. The number of benzene rings is 7. The fraction of sp³-hybridized carbons (Fsp3) is 0.186. The number of para-hydroxylation sites is 1. The van der Waals surface area contributed by atoms with E-state index in [4.69, 9.17) is 4.42 Å². The highest BCUT2D eigenvalue weighted by atomic mass is 16.3. The van der Waals surface area contributed by atoms with Crippen LogP contribution < -0.4 is 4.90 Å². The van der Waals surface area contributed by atoms with Crippen molar-refractivity contribution in [1.82, 2.24) is 0 Å². The fourth-order valence-electron chi connectivity index (χ4n) is 12.5. The molecule has 0 saturated carbocycles. The SMILES string of the molecule is CC1(C)C2=C(c3ccccc31)C(N(c1ccc(-c3ccccc3)cc1)c1cc(C3(c4ccccc4)c4ccccc4C4CC=CCC43C)cc3oc4ccccc4c13)CC=C2. The summed E-state index contributed by atoms with van der Waals surface area (Å²) in [7, 11) is 0. The molecule has 0 fully saturated rings. The molecule has 4 atom stereocenters. The molecule has 0 radical (unpaired) electrons. The summed E-state index contributed by atoms with van der Waals surface area (Å²) >= 11 is 0. The first kappa shape index (κ1) is 36.2. The van der Waals surface area contributed by atoms with E-state index >= 15 is 0 Å². The average molecular weight is 788 g/mol. The topological polar surface area (TPSA) is 16.4 Å². The zero-order valence-corrected chi connectivity index (χ0v) is 35.1. The van der Waals surface area contributed by atoms with Crippen LogP contribution in [-0.4, -0.2) is 6.04 Å². The minimum Gasteiger partial charge on any atom is -0.456 e. The molecule has 0 spiro atoms. The summed E-state index contributed by atoms with van der Waals surface area (Å²) in [4.78, 5) is 2.69. The number of anilines is 2. The summed E-state index contributed by atoms with van der Waals surface area (Å²) < 4.78 is 7.09. The highest BCUT2D eigenvalue weighted by molar-refractivity contribution is 6.13. The highest BCUT2D eigenvalue weighted by Gasteiger charge is 2.61. The molecule has 1 heterocycles. The van der Waals surface area contributed by atoms with Gasteiger partial charge in [-0.2, -0.15) is 0 Å². The molecular weight excluding hydrogens is 739 g/mol. The van der Waals surface area contributed by atoms with Crippen LogP contribution >= 0.6 is 0 Å². The number of hydrogen-bond donors (Lipinski definition) is 0. The van der Waals surface area contributed by atoms with Gasteiger partial charge in [0, 0.05) is 16.5 Å². The second-order valence-corrected chi connectivity index (χ2v) is 18.5. The van der Waals surface area contributed by atoms with Crippen LogP contribution in [0.25, 0.3) is 38.6 Å². The molecule has 7 aromatic carbocycles. The molecule has 8 aromatic rings. The Morgan fingerprint density at radius 3 is 2.08 bits per heavy atom. The number of allylic oxidation sites excluding steroid dienone is 4.